The summed E-state index contributed by atoms with van der Waals surface area (Å²) in [6, 6.07) is 0. The Bertz CT molecular complexity index is 465. The summed E-state index contributed by atoms with van der Waals surface area (Å²) < 4.78 is 50.2. The van der Waals surface area contributed by atoms with Crippen LogP contribution >= 0.6 is 15.9 Å². The zero-order chi connectivity index (χ0) is 13.4. The van der Waals surface area contributed by atoms with Gasteiger partial charge < -0.3 is 4.98 Å². The maximum absolute atomic E-state index is 7.38. The van der Waals surface area contributed by atoms with E-state index in [1.54, 1.807) is 0 Å². The third-order valence-electron chi connectivity index (χ3n) is 0.706. The van der Waals surface area contributed by atoms with Crippen LogP contribution in [-0.4, -0.2) is 16.5 Å². The Hall–Kier alpha value is -0.640. The Morgan fingerprint density at radius 1 is 2.20 bits per heavy atom. The molecular weight excluding hydrogens is 194 g/mol. The smallest absolute Gasteiger partial charge is 0.222 e. The number of aromatic nitrogens is 2. The molecule has 0 saturated carbocycles. The van der Waals surface area contributed by atoms with Crippen molar-refractivity contribution in [3.8, 4) is 0 Å². The number of aromatic amines is 1. The van der Waals surface area contributed by atoms with E-state index < -0.39 is 19.0 Å². The summed E-state index contributed by atoms with van der Waals surface area (Å²) in [6.45, 7) is -5.77. The van der Waals surface area contributed by atoms with Gasteiger partial charge in [-0.05, 0) is 22.8 Å². The van der Waals surface area contributed by atoms with Gasteiger partial charge >= 0.3 is 0 Å². The molecule has 1 rings (SSSR count). The van der Waals surface area contributed by atoms with E-state index in [0.29, 0.717) is 0 Å². The molecule has 0 aliphatic heterocycles. The van der Waals surface area contributed by atoms with Gasteiger partial charge in [-0.15, -0.1) is 0 Å². The van der Waals surface area contributed by atoms with Crippen molar-refractivity contribution in [2.75, 3.05) is 6.50 Å². The second-order valence-electron chi connectivity index (χ2n) is 1.33. The normalized spacial score (nSPS) is 24.9. The quantitative estimate of drug-likeness (QED) is 0.739. The molecular formula is C6H8BrN3. The SMILES string of the molecule is [2H]c1nc(=NC([2H])([2H])C([2H])([2H])[2H])[nH]c([2H])c1Br. The van der Waals surface area contributed by atoms with Crippen molar-refractivity contribution in [3.63, 3.8) is 0 Å². The first-order valence-corrected chi connectivity index (χ1v) is 3.13. The van der Waals surface area contributed by atoms with Crippen molar-refractivity contribution in [1.82, 2.24) is 9.97 Å². The third kappa shape index (κ3) is 1.95. The van der Waals surface area contributed by atoms with E-state index in [9.17, 15) is 0 Å². The lowest BCUT2D eigenvalue weighted by atomic mass is 10.7. The lowest BCUT2D eigenvalue weighted by Gasteiger charge is -1.87. The van der Waals surface area contributed by atoms with Gasteiger partial charge in [-0.25, -0.2) is 4.98 Å². The Labute approximate surface area is 77.2 Å². The molecule has 4 heteroatoms. The molecule has 0 amide bonds. The first kappa shape index (κ1) is 2.44. The predicted molar refractivity (Wildman–Crippen MR) is 42.4 cm³/mol. The minimum absolute atomic E-state index is 0.0888. The average molecular weight is 209 g/mol. The van der Waals surface area contributed by atoms with Crippen molar-refractivity contribution in [1.29, 1.82) is 0 Å². The van der Waals surface area contributed by atoms with E-state index in [4.69, 9.17) is 9.60 Å². The molecule has 0 bridgehead atoms. The van der Waals surface area contributed by atoms with Crippen LogP contribution in [0.25, 0.3) is 0 Å². The third-order valence-corrected chi connectivity index (χ3v) is 1.08. The van der Waals surface area contributed by atoms with Gasteiger partial charge in [0.05, 0.1) is 9.96 Å². The molecule has 0 saturated heterocycles. The van der Waals surface area contributed by atoms with Crippen molar-refractivity contribution in [3.05, 3.63) is 22.4 Å². The highest BCUT2D eigenvalue weighted by atomic mass is 79.9. The van der Waals surface area contributed by atoms with Crippen molar-refractivity contribution < 1.29 is 9.60 Å². The Morgan fingerprint density at radius 2 is 3.10 bits per heavy atom. The maximum Gasteiger partial charge on any atom is 0.222 e. The van der Waals surface area contributed by atoms with Crippen LogP contribution in [0.3, 0.4) is 0 Å². The molecule has 0 unspecified atom stereocenters. The molecule has 1 aromatic rings. The first-order chi connectivity index (χ1) is 7.54. The number of rotatable bonds is 1. The molecule has 0 aromatic carbocycles. The summed E-state index contributed by atoms with van der Waals surface area (Å²) in [5.74, 6) is 0. The maximum atomic E-state index is 7.38. The average Bonchev–Trinajstić information content (AvgIpc) is 2.11. The molecule has 0 spiro atoms. The fourth-order valence-corrected chi connectivity index (χ4v) is 0.562. The van der Waals surface area contributed by atoms with E-state index >= 15 is 0 Å². The van der Waals surface area contributed by atoms with Gasteiger partial charge in [-0.2, -0.15) is 0 Å². The number of halogens is 1. The standard InChI is InChI=1S/C6H8BrN3/c1-2-8-6-9-3-5(7)4-10-6/h3-4H,2H2,1H3,(H,8,9,10)/i1D3,2D2,3D,4D. The van der Waals surface area contributed by atoms with Crippen molar-refractivity contribution in [2.24, 2.45) is 4.99 Å². The molecule has 0 aliphatic carbocycles. The van der Waals surface area contributed by atoms with Gasteiger partial charge in [0.15, 0.2) is 0 Å². The summed E-state index contributed by atoms with van der Waals surface area (Å²) in [6.07, 6.45) is -0.557. The van der Waals surface area contributed by atoms with E-state index in [2.05, 4.69) is 30.9 Å². The number of hydrogen-bond donors (Lipinski definition) is 1. The van der Waals surface area contributed by atoms with Crippen LogP contribution < -0.4 is 5.62 Å². The second-order valence-corrected chi connectivity index (χ2v) is 2.13. The van der Waals surface area contributed by atoms with Crippen LogP contribution in [0.2, 0.25) is 0 Å². The van der Waals surface area contributed by atoms with Crippen molar-refractivity contribution >= 4 is 15.9 Å². The Kier molecular flexibility index (Phi) is 0.858. The summed E-state index contributed by atoms with van der Waals surface area (Å²) in [5.41, 5.74) is -0.413. The van der Waals surface area contributed by atoms with E-state index in [1.807, 2.05) is 0 Å². The van der Waals surface area contributed by atoms with Crippen LogP contribution in [0.4, 0.5) is 0 Å². The van der Waals surface area contributed by atoms with E-state index in [1.165, 1.54) is 0 Å². The Balaban J connectivity index is 3.36. The summed E-state index contributed by atoms with van der Waals surface area (Å²) in [5, 5.41) is 0. The highest BCUT2D eigenvalue weighted by Crippen LogP contribution is 1.99. The van der Waals surface area contributed by atoms with Gasteiger partial charge in [-0.3, -0.25) is 4.99 Å². The van der Waals surface area contributed by atoms with Crippen LogP contribution in [-0.2, 0) is 0 Å². The van der Waals surface area contributed by atoms with Gasteiger partial charge in [-0.1, -0.05) is 0 Å². The highest BCUT2D eigenvalue weighted by Gasteiger charge is 1.82. The number of nitrogens with one attached hydrogen (secondary N) is 1. The second kappa shape index (κ2) is 3.51. The molecule has 3 nitrogen and oxygen atoms in total. The number of hydrogen-bond acceptors (Lipinski definition) is 2. The van der Waals surface area contributed by atoms with Gasteiger partial charge in [0.25, 0.3) is 0 Å². The van der Waals surface area contributed by atoms with Crippen molar-refractivity contribution in [2.45, 2.75) is 6.85 Å². The summed E-state index contributed by atoms with van der Waals surface area (Å²) in [7, 11) is 0. The molecule has 0 radical (unpaired) electrons. The van der Waals surface area contributed by atoms with Crippen LogP contribution in [0.5, 0.6) is 0 Å². The summed E-state index contributed by atoms with van der Waals surface area (Å²) >= 11 is 2.92. The zero-order valence-corrected chi connectivity index (χ0v) is 6.36. The number of H-pyrrole nitrogens is 1. The van der Waals surface area contributed by atoms with Gasteiger partial charge in [0, 0.05) is 23.0 Å². The Morgan fingerprint density at radius 3 is 3.80 bits per heavy atom. The minimum atomic E-state index is -2.94. The molecule has 10 heavy (non-hydrogen) atoms. The topological polar surface area (TPSA) is 41.0 Å². The highest BCUT2D eigenvalue weighted by molar-refractivity contribution is 9.10. The minimum Gasteiger partial charge on any atom is -0.330 e. The van der Waals surface area contributed by atoms with Gasteiger partial charge in [0.2, 0.25) is 5.62 Å². The summed E-state index contributed by atoms with van der Waals surface area (Å²) in [4.78, 5) is 9.06. The van der Waals surface area contributed by atoms with Crippen LogP contribution in [0.1, 0.15) is 16.4 Å². The zero-order valence-electron chi connectivity index (χ0n) is 11.8. The molecule has 54 valence electrons. The lowest BCUT2D eigenvalue weighted by molar-refractivity contribution is 0.924. The van der Waals surface area contributed by atoms with E-state index in [0.717, 1.165) is 0 Å². The van der Waals surface area contributed by atoms with Crippen LogP contribution in [0, 0.1) is 0 Å². The van der Waals surface area contributed by atoms with Crippen LogP contribution in [0.15, 0.2) is 21.8 Å². The lowest BCUT2D eigenvalue weighted by Crippen LogP contribution is -2.11. The first-order valence-electron chi connectivity index (χ1n) is 5.83. The predicted octanol–water partition coefficient (Wildman–Crippen LogP) is 1.09. The van der Waals surface area contributed by atoms with E-state index in [-0.39, 0.29) is 16.8 Å². The molecule has 1 aromatic heterocycles. The molecule has 1 N–H and O–H groups in total. The number of nitrogens with zero attached hydrogens (tertiary/aromatic N) is 2. The molecule has 0 atom stereocenters. The fourth-order valence-electron chi connectivity index (χ4n) is 0.375. The largest absolute Gasteiger partial charge is 0.330 e. The molecule has 0 aliphatic rings. The molecule has 1 heterocycles. The fraction of sp³-hybridized carbons (Fsp3) is 0.333. The monoisotopic (exact) mass is 208 g/mol. The molecule has 0 fully saturated rings. The van der Waals surface area contributed by atoms with Gasteiger partial charge in [0.1, 0.15) is 0 Å².